The predicted octanol–water partition coefficient (Wildman–Crippen LogP) is 6.21. The number of aromatic nitrogens is 2. The Morgan fingerprint density at radius 1 is 0.922 bits per heavy atom. The van der Waals surface area contributed by atoms with Gasteiger partial charge in [0.05, 0.1) is 43.4 Å². The zero-order valence-electron chi connectivity index (χ0n) is 29.5. The van der Waals surface area contributed by atoms with Crippen molar-refractivity contribution in [2.75, 3.05) is 54.5 Å². The average molecular weight is 739 g/mol. The third-order valence-electron chi connectivity index (χ3n) is 7.20. The standard InChI is InChI=1S/C33H41F3N6O8S/c1-31(2,3)21-18-23(27(47-7)24(19-21)40-51(8,45)46)38-28(43)20-9-10-22(33(34,35)36)25(17-20)48-26-11-12-37-29(39-26)41-13-15-42(16-14-41)50-30(44)49-32(4,5)6/h9-12,17-19,40H,13-16H2,1-8H3,(H,38,43). The predicted molar refractivity (Wildman–Crippen MR) is 183 cm³/mol. The second-order valence-corrected chi connectivity index (χ2v) is 15.4. The van der Waals surface area contributed by atoms with E-state index in [0.717, 1.165) is 24.5 Å². The first-order valence-corrected chi connectivity index (χ1v) is 17.6. The second-order valence-electron chi connectivity index (χ2n) is 13.7. The van der Waals surface area contributed by atoms with Crippen LogP contribution in [0.2, 0.25) is 0 Å². The van der Waals surface area contributed by atoms with Crippen LogP contribution in [-0.4, -0.2) is 80.7 Å². The summed E-state index contributed by atoms with van der Waals surface area (Å²) in [5.41, 5.74) is -1.79. The Bertz CT molecular complexity index is 1870. The van der Waals surface area contributed by atoms with E-state index in [2.05, 4.69) is 20.0 Å². The first-order valence-electron chi connectivity index (χ1n) is 15.7. The number of hydroxylamine groups is 2. The van der Waals surface area contributed by atoms with Gasteiger partial charge in [0.15, 0.2) is 5.75 Å². The van der Waals surface area contributed by atoms with Crippen LogP contribution in [0.4, 0.5) is 35.3 Å². The summed E-state index contributed by atoms with van der Waals surface area (Å²) in [5.74, 6) is -1.57. The minimum Gasteiger partial charge on any atom is -0.492 e. The Balaban J connectivity index is 1.58. The van der Waals surface area contributed by atoms with Crippen molar-refractivity contribution in [1.29, 1.82) is 0 Å². The zero-order valence-corrected chi connectivity index (χ0v) is 30.3. The molecule has 1 aliphatic heterocycles. The van der Waals surface area contributed by atoms with Gasteiger partial charge in [0.25, 0.3) is 5.91 Å². The summed E-state index contributed by atoms with van der Waals surface area (Å²) in [6.07, 6.45) is -3.41. The minimum absolute atomic E-state index is 0.00379. The zero-order chi connectivity index (χ0) is 37.9. The molecule has 14 nitrogen and oxygen atoms in total. The molecule has 51 heavy (non-hydrogen) atoms. The lowest BCUT2D eigenvalue weighted by Crippen LogP contribution is -2.48. The molecule has 1 fully saturated rings. The number of alkyl halides is 3. The summed E-state index contributed by atoms with van der Waals surface area (Å²) >= 11 is 0. The molecule has 4 rings (SSSR count). The lowest BCUT2D eigenvalue weighted by molar-refractivity contribution is -0.144. The summed E-state index contributed by atoms with van der Waals surface area (Å²) in [4.78, 5) is 41.0. The molecule has 2 heterocycles. The van der Waals surface area contributed by atoms with Gasteiger partial charge < -0.3 is 29.3 Å². The number of rotatable bonds is 9. The van der Waals surface area contributed by atoms with Gasteiger partial charge in [-0.05, 0) is 62.1 Å². The first kappa shape index (κ1) is 39.0. The van der Waals surface area contributed by atoms with E-state index < -0.39 is 50.6 Å². The lowest BCUT2D eigenvalue weighted by Gasteiger charge is -2.33. The highest BCUT2D eigenvalue weighted by atomic mass is 32.2. The number of halogens is 3. The molecule has 2 N–H and O–H groups in total. The number of benzene rings is 2. The molecule has 0 bridgehead atoms. The molecule has 0 atom stereocenters. The van der Waals surface area contributed by atoms with E-state index in [1.807, 2.05) is 20.8 Å². The molecular weight excluding hydrogens is 697 g/mol. The van der Waals surface area contributed by atoms with Crippen LogP contribution in [0.15, 0.2) is 42.6 Å². The fourth-order valence-corrected chi connectivity index (χ4v) is 5.39. The van der Waals surface area contributed by atoms with Crippen LogP contribution in [0.25, 0.3) is 0 Å². The monoisotopic (exact) mass is 738 g/mol. The maximum atomic E-state index is 14.1. The lowest BCUT2D eigenvalue weighted by atomic mass is 9.86. The van der Waals surface area contributed by atoms with E-state index in [-0.39, 0.29) is 47.6 Å². The molecule has 0 spiro atoms. The van der Waals surface area contributed by atoms with Crippen molar-refractivity contribution in [2.45, 2.75) is 58.7 Å². The van der Waals surface area contributed by atoms with Crippen molar-refractivity contribution in [3.8, 4) is 17.4 Å². The van der Waals surface area contributed by atoms with Gasteiger partial charge in [-0.25, -0.2) is 18.2 Å². The Hall–Kier alpha value is -4.84. The first-order chi connectivity index (χ1) is 23.5. The highest BCUT2D eigenvalue weighted by Gasteiger charge is 2.35. The van der Waals surface area contributed by atoms with E-state index >= 15 is 0 Å². The number of sulfonamides is 1. The number of nitrogens with zero attached hydrogens (tertiary/aromatic N) is 4. The highest BCUT2D eigenvalue weighted by molar-refractivity contribution is 7.92. The summed E-state index contributed by atoms with van der Waals surface area (Å²) in [6.45, 7) is 12.0. The quantitative estimate of drug-likeness (QED) is 0.239. The van der Waals surface area contributed by atoms with Crippen molar-refractivity contribution in [3.05, 3.63) is 59.3 Å². The molecule has 0 unspecified atom stereocenters. The number of hydrogen-bond donors (Lipinski definition) is 2. The van der Waals surface area contributed by atoms with Crippen molar-refractivity contribution < 1.29 is 50.2 Å². The second kappa shape index (κ2) is 14.8. The molecule has 2 aromatic carbocycles. The van der Waals surface area contributed by atoms with Crippen LogP contribution < -0.4 is 24.4 Å². The molecule has 1 aromatic heterocycles. The van der Waals surface area contributed by atoms with Crippen molar-refractivity contribution in [2.24, 2.45) is 0 Å². The fraction of sp³-hybridized carbons (Fsp3) is 0.455. The Morgan fingerprint density at radius 3 is 2.14 bits per heavy atom. The van der Waals surface area contributed by atoms with Gasteiger partial charge in [-0.2, -0.15) is 18.2 Å². The van der Waals surface area contributed by atoms with Gasteiger partial charge in [0.1, 0.15) is 11.4 Å². The van der Waals surface area contributed by atoms with E-state index in [1.54, 1.807) is 37.8 Å². The van der Waals surface area contributed by atoms with Gasteiger partial charge in [-0.3, -0.25) is 9.52 Å². The summed E-state index contributed by atoms with van der Waals surface area (Å²) in [7, 11) is -2.47. The summed E-state index contributed by atoms with van der Waals surface area (Å²) < 4.78 is 85.1. The largest absolute Gasteiger partial charge is 0.528 e. The maximum Gasteiger partial charge on any atom is 0.528 e. The van der Waals surface area contributed by atoms with Crippen molar-refractivity contribution in [3.63, 3.8) is 0 Å². The number of amides is 1. The van der Waals surface area contributed by atoms with Crippen LogP contribution in [0.5, 0.6) is 17.4 Å². The average Bonchev–Trinajstić information content (AvgIpc) is 2.98. The maximum absolute atomic E-state index is 14.1. The van der Waals surface area contributed by atoms with Gasteiger partial charge in [-0.1, -0.05) is 20.8 Å². The number of carbonyl (C=O) groups excluding carboxylic acids is 2. The number of methoxy groups -OCH3 is 1. The van der Waals surface area contributed by atoms with E-state index in [1.165, 1.54) is 24.4 Å². The van der Waals surface area contributed by atoms with Crippen molar-refractivity contribution >= 4 is 39.4 Å². The highest BCUT2D eigenvalue weighted by Crippen LogP contribution is 2.41. The van der Waals surface area contributed by atoms with Crippen LogP contribution in [0.3, 0.4) is 0 Å². The van der Waals surface area contributed by atoms with Gasteiger partial charge >= 0.3 is 12.3 Å². The molecule has 0 aliphatic carbocycles. The fourth-order valence-electron chi connectivity index (χ4n) is 4.83. The van der Waals surface area contributed by atoms with Crippen molar-refractivity contribution in [1.82, 2.24) is 15.0 Å². The smallest absolute Gasteiger partial charge is 0.492 e. The Labute approximate surface area is 294 Å². The number of carbonyl (C=O) groups is 2. The molecule has 1 saturated heterocycles. The third-order valence-corrected chi connectivity index (χ3v) is 7.79. The summed E-state index contributed by atoms with van der Waals surface area (Å²) in [5, 5.41) is 4.06. The van der Waals surface area contributed by atoms with Gasteiger partial charge in [0, 0.05) is 30.9 Å². The number of nitrogens with one attached hydrogen (secondary N) is 2. The Kier molecular flexibility index (Phi) is 11.3. The van der Waals surface area contributed by atoms with Crippen LogP contribution in [-0.2, 0) is 31.2 Å². The van der Waals surface area contributed by atoms with Crippen LogP contribution in [0.1, 0.15) is 63.0 Å². The molecule has 0 radical (unpaired) electrons. The summed E-state index contributed by atoms with van der Waals surface area (Å²) in [6, 6.07) is 7.09. The topological polar surface area (TPSA) is 162 Å². The van der Waals surface area contributed by atoms with Gasteiger partial charge in [-0.15, -0.1) is 5.06 Å². The molecule has 18 heteroatoms. The molecule has 1 aliphatic rings. The normalized spacial score (nSPS) is 14.5. The van der Waals surface area contributed by atoms with Crippen LogP contribution in [0, 0.1) is 0 Å². The molecule has 3 aromatic rings. The Morgan fingerprint density at radius 2 is 1.57 bits per heavy atom. The SMILES string of the molecule is COc1c(NC(=O)c2ccc(C(F)(F)F)c(Oc3ccnc(N4CCN(OC(=O)OC(C)(C)C)CC4)n3)c2)cc(C(C)(C)C)cc1NS(C)(=O)=O. The van der Waals surface area contributed by atoms with E-state index in [0.29, 0.717) is 18.7 Å². The minimum atomic E-state index is -4.85. The molecular formula is C33H41F3N6O8S. The number of hydrogen-bond acceptors (Lipinski definition) is 12. The third kappa shape index (κ3) is 10.8. The van der Waals surface area contributed by atoms with Gasteiger partial charge in [0.2, 0.25) is 21.9 Å². The number of piperazine rings is 1. The molecule has 0 saturated carbocycles. The van der Waals surface area contributed by atoms with E-state index in [4.69, 9.17) is 19.0 Å². The van der Waals surface area contributed by atoms with Crippen LogP contribution >= 0.6 is 0 Å². The molecule has 278 valence electrons. The van der Waals surface area contributed by atoms with E-state index in [9.17, 15) is 31.2 Å². The molecule has 1 amide bonds. The number of anilines is 3. The number of ether oxygens (including phenoxy) is 3.